The van der Waals surface area contributed by atoms with Crippen LogP contribution in [0.1, 0.15) is 36.2 Å². The van der Waals surface area contributed by atoms with Crippen LogP contribution in [0, 0.1) is 0 Å². The molecule has 0 saturated carbocycles. The molecule has 4 heteroatoms. The van der Waals surface area contributed by atoms with Crippen LogP contribution in [0.3, 0.4) is 0 Å². The average molecular weight is 375 g/mol. The molecule has 0 aliphatic carbocycles. The van der Waals surface area contributed by atoms with Crippen molar-refractivity contribution in [1.29, 1.82) is 0 Å². The molecule has 2 heterocycles. The van der Waals surface area contributed by atoms with Crippen LogP contribution in [0.15, 0.2) is 66.7 Å². The maximum absolute atomic E-state index is 4.56. The van der Waals surface area contributed by atoms with E-state index in [1.165, 1.54) is 23.4 Å². The maximum Gasteiger partial charge on any atom is 0.0696 e. The van der Waals surface area contributed by atoms with Crippen LogP contribution in [0.5, 0.6) is 0 Å². The van der Waals surface area contributed by atoms with Gasteiger partial charge in [-0.1, -0.05) is 55.5 Å². The molecule has 4 nitrogen and oxygen atoms in total. The van der Waals surface area contributed by atoms with Crippen LogP contribution in [0.25, 0.3) is 0 Å². The number of nitrogens with zero attached hydrogens (tertiary/aromatic N) is 3. The first-order valence-corrected chi connectivity index (χ1v) is 10.4. The zero-order valence-electron chi connectivity index (χ0n) is 16.7. The highest BCUT2D eigenvalue weighted by molar-refractivity contribution is 5.46. The van der Waals surface area contributed by atoms with Crippen LogP contribution in [-0.2, 0) is 6.42 Å². The minimum atomic E-state index is 0.331. The molecule has 28 heavy (non-hydrogen) atoms. The maximum atomic E-state index is 4.56. The summed E-state index contributed by atoms with van der Waals surface area (Å²) in [4.78, 5) is 5.08. The van der Waals surface area contributed by atoms with Gasteiger partial charge in [-0.2, -0.15) is 5.10 Å². The van der Waals surface area contributed by atoms with Crippen molar-refractivity contribution in [3.63, 3.8) is 0 Å². The molecule has 1 aromatic heterocycles. The monoisotopic (exact) mass is 374 g/mol. The van der Waals surface area contributed by atoms with E-state index in [1.807, 2.05) is 0 Å². The summed E-state index contributed by atoms with van der Waals surface area (Å²) in [5.41, 5.74) is 5.05. The lowest BCUT2D eigenvalue weighted by Crippen LogP contribution is -2.46. The molecular formula is C24H30N4. The van der Waals surface area contributed by atoms with Gasteiger partial charge in [0.15, 0.2) is 0 Å². The Labute approximate surface area is 168 Å². The normalized spacial score (nSPS) is 16.2. The van der Waals surface area contributed by atoms with Crippen molar-refractivity contribution >= 4 is 5.69 Å². The molecule has 0 spiro atoms. The zero-order chi connectivity index (χ0) is 19.2. The average Bonchev–Trinajstić information content (AvgIpc) is 3.24. The second-order valence-corrected chi connectivity index (χ2v) is 7.72. The predicted octanol–water partition coefficient (Wildman–Crippen LogP) is 4.32. The van der Waals surface area contributed by atoms with E-state index in [1.54, 1.807) is 0 Å². The van der Waals surface area contributed by atoms with Crippen molar-refractivity contribution < 1.29 is 0 Å². The Balaban J connectivity index is 1.22. The fraction of sp³-hybridized carbons (Fsp3) is 0.375. The van der Waals surface area contributed by atoms with Gasteiger partial charge in [-0.25, -0.2) is 0 Å². The van der Waals surface area contributed by atoms with E-state index in [-0.39, 0.29) is 0 Å². The van der Waals surface area contributed by atoms with Gasteiger partial charge in [-0.05, 0) is 43.1 Å². The van der Waals surface area contributed by atoms with Crippen molar-refractivity contribution in [1.82, 2.24) is 15.1 Å². The fourth-order valence-corrected chi connectivity index (χ4v) is 4.00. The molecule has 1 N–H and O–H groups in total. The summed E-state index contributed by atoms with van der Waals surface area (Å²) >= 11 is 0. The summed E-state index contributed by atoms with van der Waals surface area (Å²) in [5.74, 6) is 0.331. The topological polar surface area (TPSA) is 35.2 Å². The molecular weight excluding hydrogens is 344 g/mol. The fourth-order valence-electron chi connectivity index (χ4n) is 4.00. The quantitative estimate of drug-likeness (QED) is 0.669. The number of nitrogens with one attached hydrogen (secondary N) is 1. The Hall–Kier alpha value is -2.59. The second kappa shape index (κ2) is 9.07. The van der Waals surface area contributed by atoms with E-state index in [9.17, 15) is 0 Å². The van der Waals surface area contributed by atoms with Gasteiger partial charge in [0.05, 0.1) is 5.69 Å². The number of aryl methyl sites for hydroxylation is 1. The van der Waals surface area contributed by atoms with E-state index in [2.05, 4.69) is 93.7 Å². The van der Waals surface area contributed by atoms with Crippen molar-refractivity contribution in [2.45, 2.75) is 25.7 Å². The minimum Gasteiger partial charge on any atom is -0.369 e. The number of aromatic amines is 1. The second-order valence-electron chi connectivity index (χ2n) is 7.72. The molecule has 2 aromatic carbocycles. The Bertz CT molecular complexity index is 835. The molecule has 4 rings (SSSR count). The van der Waals surface area contributed by atoms with Crippen LogP contribution in [-0.4, -0.2) is 47.8 Å². The third-order valence-electron chi connectivity index (χ3n) is 5.81. The number of hydrogen-bond donors (Lipinski definition) is 1. The number of piperazine rings is 1. The molecule has 1 aliphatic heterocycles. The van der Waals surface area contributed by atoms with Crippen LogP contribution in [0.2, 0.25) is 0 Å². The zero-order valence-corrected chi connectivity index (χ0v) is 16.7. The lowest BCUT2D eigenvalue weighted by atomic mass is 9.97. The van der Waals surface area contributed by atoms with Gasteiger partial charge in [0.25, 0.3) is 0 Å². The first-order chi connectivity index (χ1) is 13.8. The molecule has 1 aliphatic rings. The van der Waals surface area contributed by atoms with Gasteiger partial charge in [0.2, 0.25) is 0 Å². The highest BCUT2D eigenvalue weighted by Gasteiger charge is 2.17. The van der Waals surface area contributed by atoms with Gasteiger partial charge in [-0.15, -0.1) is 0 Å². The Morgan fingerprint density at radius 2 is 1.61 bits per heavy atom. The van der Waals surface area contributed by atoms with Crippen molar-refractivity contribution in [3.05, 3.63) is 83.7 Å². The molecule has 146 valence electrons. The van der Waals surface area contributed by atoms with E-state index < -0.39 is 0 Å². The van der Waals surface area contributed by atoms with E-state index in [4.69, 9.17) is 0 Å². The van der Waals surface area contributed by atoms with E-state index in [0.29, 0.717) is 5.92 Å². The number of hydrogen-bond acceptors (Lipinski definition) is 3. The highest BCUT2D eigenvalue weighted by Crippen LogP contribution is 2.23. The number of anilines is 1. The van der Waals surface area contributed by atoms with Crippen molar-refractivity contribution in [2.24, 2.45) is 0 Å². The predicted molar refractivity (Wildman–Crippen MR) is 116 cm³/mol. The van der Waals surface area contributed by atoms with E-state index >= 15 is 0 Å². The Morgan fingerprint density at radius 1 is 0.929 bits per heavy atom. The minimum absolute atomic E-state index is 0.331. The number of aromatic nitrogens is 2. The summed E-state index contributed by atoms with van der Waals surface area (Å²) in [7, 11) is 0. The first kappa shape index (κ1) is 18.8. The Morgan fingerprint density at radius 3 is 2.32 bits per heavy atom. The molecule has 0 bridgehead atoms. The standard InChI is InChI=1S/C24H30N4/c1-20(21-9-4-2-5-10-21)24-19-22(25-26-24)11-8-14-27-15-17-28(18-16-27)23-12-6-3-7-13-23/h2-7,9-10,12-13,19-20H,8,11,14-18H2,1H3,(H,25,26). The molecule has 1 saturated heterocycles. The third kappa shape index (κ3) is 4.63. The molecule has 3 aromatic rings. The Kier molecular flexibility index (Phi) is 6.07. The summed E-state index contributed by atoms with van der Waals surface area (Å²) in [6.07, 6.45) is 2.24. The number of H-pyrrole nitrogens is 1. The first-order valence-electron chi connectivity index (χ1n) is 10.4. The van der Waals surface area contributed by atoms with Gasteiger partial charge in [0, 0.05) is 43.5 Å². The highest BCUT2D eigenvalue weighted by atomic mass is 15.3. The number of rotatable bonds is 7. The van der Waals surface area contributed by atoms with Crippen LogP contribution < -0.4 is 4.90 Å². The molecule has 1 fully saturated rings. The molecule has 1 atom stereocenters. The lowest BCUT2D eigenvalue weighted by molar-refractivity contribution is 0.255. The molecule has 1 unspecified atom stereocenters. The van der Waals surface area contributed by atoms with E-state index in [0.717, 1.165) is 44.8 Å². The van der Waals surface area contributed by atoms with Crippen LogP contribution in [0.4, 0.5) is 5.69 Å². The third-order valence-corrected chi connectivity index (χ3v) is 5.81. The van der Waals surface area contributed by atoms with Gasteiger partial charge >= 0.3 is 0 Å². The van der Waals surface area contributed by atoms with Gasteiger partial charge < -0.3 is 4.90 Å². The molecule has 0 radical (unpaired) electrons. The smallest absolute Gasteiger partial charge is 0.0696 e. The summed E-state index contributed by atoms with van der Waals surface area (Å²) < 4.78 is 0. The molecule has 0 amide bonds. The summed E-state index contributed by atoms with van der Waals surface area (Å²) in [6.45, 7) is 7.91. The largest absolute Gasteiger partial charge is 0.369 e. The van der Waals surface area contributed by atoms with Crippen molar-refractivity contribution in [2.75, 3.05) is 37.6 Å². The SMILES string of the molecule is CC(c1ccccc1)c1cc(CCCN2CCN(c3ccccc3)CC2)[nH]n1. The summed E-state index contributed by atoms with van der Waals surface area (Å²) in [5, 5.41) is 7.80. The number of para-hydroxylation sites is 1. The van der Waals surface area contributed by atoms with Crippen LogP contribution >= 0.6 is 0 Å². The summed E-state index contributed by atoms with van der Waals surface area (Å²) in [6, 6.07) is 23.6. The van der Waals surface area contributed by atoms with Gasteiger partial charge in [0.1, 0.15) is 0 Å². The number of benzene rings is 2. The lowest BCUT2D eigenvalue weighted by Gasteiger charge is -2.36. The van der Waals surface area contributed by atoms with Gasteiger partial charge in [-0.3, -0.25) is 10.00 Å². The van der Waals surface area contributed by atoms with Crippen molar-refractivity contribution in [3.8, 4) is 0 Å².